The molecule has 4 N–H and O–H groups in total. The molecule has 0 fully saturated rings. The van der Waals surface area contributed by atoms with E-state index in [1.807, 2.05) is 6.92 Å². The van der Waals surface area contributed by atoms with Crippen LogP contribution in [-0.2, 0) is 9.36 Å². The maximum Gasteiger partial charge on any atom is 0.448 e. The summed E-state index contributed by atoms with van der Waals surface area (Å²) in [5.74, 6) is -0.476. The molecule has 1 atom stereocenters. The van der Waals surface area contributed by atoms with Gasteiger partial charge in [-0.2, -0.15) is 4.76 Å². The number of aliphatic hydroxyl groups is 1. The van der Waals surface area contributed by atoms with Crippen molar-refractivity contribution in [3.05, 3.63) is 53.3 Å². The summed E-state index contributed by atoms with van der Waals surface area (Å²) in [6, 6.07) is 6.47. The molecule has 1 aromatic rings. The molecular weight excluding hydrogens is 333 g/mol. The predicted octanol–water partition coefficient (Wildman–Crippen LogP) is 2.76. The number of phenols is 1. The molecule has 128 valence electrons. The quantitative estimate of drug-likeness (QED) is 0.604. The van der Waals surface area contributed by atoms with Crippen LogP contribution in [0.3, 0.4) is 0 Å². The van der Waals surface area contributed by atoms with Crippen LogP contribution < -0.4 is 0 Å². The highest BCUT2D eigenvalue weighted by molar-refractivity contribution is 7.50. The molecule has 0 aliphatic heterocycles. The van der Waals surface area contributed by atoms with E-state index in [1.165, 1.54) is 24.3 Å². The molecule has 2 rings (SSSR count). The number of hydrogen-bond donors (Lipinski definition) is 4. The van der Waals surface area contributed by atoms with E-state index >= 15 is 0 Å². The van der Waals surface area contributed by atoms with Gasteiger partial charge in [0.05, 0.1) is 11.5 Å². The smallest absolute Gasteiger partial charge is 0.448 e. The predicted molar refractivity (Wildman–Crippen MR) is 89.0 cm³/mol. The largest absolute Gasteiger partial charge is 0.512 e. The Morgan fingerprint density at radius 3 is 2.42 bits per heavy atom. The van der Waals surface area contributed by atoms with Gasteiger partial charge in [-0.25, -0.2) is 4.57 Å². The first-order chi connectivity index (χ1) is 11.2. The molecule has 8 heteroatoms. The molecule has 7 nitrogen and oxygen atoms in total. The monoisotopic (exact) mass is 351 g/mol. The number of aliphatic hydroxyl groups excluding tert-OH is 1. The molecule has 0 amide bonds. The number of aromatic hydroxyl groups is 1. The number of Topliss-reactive ketones (excluding diaryl/α,β-unsaturated/α-hetero) is 1. The zero-order chi connectivity index (χ0) is 17.9. The van der Waals surface area contributed by atoms with Crippen molar-refractivity contribution >= 4 is 19.2 Å². The number of phenolic OH excluding ortho intramolecular Hbond substituents is 1. The Labute approximate surface area is 138 Å². The minimum Gasteiger partial charge on any atom is -0.512 e. The zero-order valence-corrected chi connectivity index (χ0v) is 13.8. The van der Waals surface area contributed by atoms with Gasteiger partial charge in [0.15, 0.2) is 5.78 Å². The second kappa shape index (κ2) is 7.13. The van der Waals surface area contributed by atoms with Crippen LogP contribution in [-0.4, -0.2) is 31.5 Å². The van der Waals surface area contributed by atoms with Crippen LogP contribution in [0.2, 0.25) is 0 Å². The molecule has 0 aromatic heterocycles. The fourth-order valence-electron chi connectivity index (χ4n) is 2.41. The van der Waals surface area contributed by atoms with Gasteiger partial charge < -0.3 is 20.0 Å². The Morgan fingerprint density at radius 2 is 1.83 bits per heavy atom. The maximum absolute atomic E-state index is 12.5. The molecule has 0 radical (unpaired) electrons. The molecule has 1 aromatic carbocycles. The van der Waals surface area contributed by atoms with Gasteiger partial charge >= 0.3 is 7.75 Å². The summed E-state index contributed by atoms with van der Waals surface area (Å²) in [5, 5.41) is 18.8. The van der Waals surface area contributed by atoms with E-state index < -0.39 is 7.75 Å². The van der Waals surface area contributed by atoms with Gasteiger partial charge in [-0.05, 0) is 35.8 Å². The number of ketones is 1. The number of allylic oxidation sites excluding steroid dienone is 4. The summed E-state index contributed by atoms with van der Waals surface area (Å²) in [6.45, 7) is 1.83. The second-order valence-electron chi connectivity index (χ2n) is 5.59. The van der Waals surface area contributed by atoms with Crippen molar-refractivity contribution in [1.29, 1.82) is 0 Å². The van der Waals surface area contributed by atoms with Crippen LogP contribution in [0.15, 0.2) is 52.5 Å². The molecule has 0 spiro atoms. The number of rotatable bonds is 5. The van der Waals surface area contributed by atoms with Crippen LogP contribution >= 0.6 is 7.75 Å². The molecular formula is C16H18NO6P. The lowest BCUT2D eigenvalue weighted by Gasteiger charge is -2.16. The van der Waals surface area contributed by atoms with Crippen molar-refractivity contribution < 1.29 is 29.4 Å². The third kappa shape index (κ3) is 4.89. The molecule has 24 heavy (non-hydrogen) atoms. The molecule has 0 heterocycles. The molecule has 0 saturated carbocycles. The third-order valence-electron chi connectivity index (χ3n) is 3.61. The van der Waals surface area contributed by atoms with Crippen molar-refractivity contribution in [3.63, 3.8) is 0 Å². The highest BCUT2D eigenvalue weighted by Gasteiger charge is 2.25. The van der Waals surface area contributed by atoms with Crippen molar-refractivity contribution in [2.45, 2.75) is 25.7 Å². The first-order valence-electron chi connectivity index (χ1n) is 7.22. The fraction of sp³-hybridized carbons (Fsp3) is 0.250. The molecule has 1 aliphatic carbocycles. The number of nitrogens with zero attached hydrogens (tertiary/aromatic N) is 1. The van der Waals surface area contributed by atoms with Crippen LogP contribution in [0.1, 0.15) is 31.2 Å². The number of carbonyl (C=O) groups excluding carboxylic acids is 1. The van der Waals surface area contributed by atoms with Gasteiger partial charge in [0.25, 0.3) is 0 Å². The van der Waals surface area contributed by atoms with Crippen LogP contribution in [0.4, 0.5) is 0 Å². The Balaban J connectivity index is 2.21. The normalized spacial score (nSPS) is 18.0. The number of hydrogen-bond acceptors (Lipinski definition) is 4. The Kier molecular flexibility index (Phi) is 5.39. The SMILES string of the molecule is CC(CC(=O)C1=CC=C(O)CC1=NP(=O)(O)O)c1ccc(O)cc1. The lowest BCUT2D eigenvalue weighted by Crippen LogP contribution is -2.18. The zero-order valence-electron chi connectivity index (χ0n) is 13.0. The van der Waals surface area contributed by atoms with E-state index in [2.05, 4.69) is 4.76 Å². The van der Waals surface area contributed by atoms with E-state index in [1.54, 1.807) is 12.1 Å². The summed E-state index contributed by atoms with van der Waals surface area (Å²) >= 11 is 0. The minimum atomic E-state index is -4.71. The number of carbonyl (C=O) groups is 1. The van der Waals surface area contributed by atoms with Crippen LogP contribution in [0.25, 0.3) is 0 Å². The first-order valence-corrected chi connectivity index (χ1v) is 8.79. The average Bonchev–Trinajstić information content (AvgIpc) is 2.46. The van der Waals surface area contributed by atoms with E-state index in [9.17, 15) is 19.6 Å². The molecule has 1 unspecified atom stereocenters. The van der Waals surface area contributed by atoms with Gasteiger partial charge in [0, 0.05) is 18.4 Å². The van der Waals surface area contributed by atoms with Crippen molar-refractivity contribution in [2.24, 2.45) is 4.76 Å². The molecule has 1 aliphatic rings. The number of benzene rings is 1. The topological polar surface area (TPSA) is 127 Å². The van der Waals surface area contributed by atoms with Gasteiger partial charge in [0.2, 0.25) is 0 Å². The van der Waals surface area contributed by atoms with E-state index in [4.69, 9.17) is 9.79 Å². The van der Waals surface area contributed by atoms with Crippen LogP contribution in [0.5, 0.6) is 5.75 Å². The molecule has 0 bridgehead atoms. The lowest BCUT2D eigenvalue weighted by molar-refractivity contribution is -0.115. The summed E-state index contributed by atoms with van der Waals surface area (Å²) < 4.78 is 14.4. The summed E-state index contributed by atoms with van der Waals surface area (Å²) in [5.41, 5.74) is 0.817. The molecule has 0 saturated heterocycles. The first kappa shape index (κ1) is 18.1. The maximum atomic E-state index is 12.5. The Bertz CT molecular complexity index is 772. The highest BCUT2D eigenvalue weighted by Crippen LogP contribution is 2.38. The van der Waals surface area contributed by atoms with E-state index in [-0.39, 0.29) is 47.3 Å². The van der Waals surface area contributed by atoms with E-state index in [0.29, 0.717) is 0 Å². The Morgan fingerprint density at radius 1 is 1.21 bits per heavy atom. The van der Waals surface area contributed by atoms with Gasteiger partial charge in [-0.3, -0.25) is 4.79 Å². The lowest BCUT2D eigenvalue weighted by atomic mass is 9.89. The summed E-state index contributed by atoms with van der Waals surface area (Å²) in [4.78, 5) is 30.5. The van der Waals surface area contributed by atoms with Crippen LogP contribution in [0, 0.1) is 0 Å². The van der Waals surface area contributed by atoms with Gasteiger partial charge in [0.1, 0.15) is 5.75 Å². The highest BCUT2D eigenvalue weighted by atomic mass is 31.2. The minimum absolute atomic E-state index is 0.0850. The van der Waals surface area contributed by atoms with E-state index in [0.717, 1.165) is 5.56 Å². The second-order valence-corrected chi connectivity index (χ2v) is 6.82. The van der Waals surface area contributed by atoms with Gasteiger partial charge in [-0.15, -0.1) is 0 Å². The van der Waals surface area contributed by atoms with Gasteiger partial charge in [-0.1, -0.05) is 19.1 Å². The standard InChI is InChI=1S/C16H18NO6P/c1-10(11-2-4-12(18)5-3-11)8-16(20)14-7-6-13(19)9-15(14)17-24(21,22)23/h2-7,10,18-19H,8-9H2,1H3,(H2,21,22,23). The fourth-order valence-corrected chi connectivity index (χ4v) is 2.90. The van der Waals surface area contributed by atoms with Crippen molar-refractivity contribution in [2.75, 3.05) is 0 Å². The summed E-state index contributed by atoms with van der Waals surface area (Å²) in [6.07, 6.45) is 2.54. The average molecular weight is 351 g/mol. The van der Waals surface area contributed by atoms with Crippen molar-refractivity contribution in [1.82, 2.24) is 0 Å². The van der Waals surface area contributed by atoms with Crippen molar-refractivity contribution in [3.8, 4) is 5.75 Å². The summed E-state index contributed by atoms with van der Waals surface area (Å²) in [7, 11) is -4.71. The Hall–Kier alpha value is -2.21. The third-order valence-corrected chi connectivity index (χ3v) is 4.11.